The van der Waals surface area contributed by atoms with Gasteiger partial charge in [-0.3, -0.25) is 0 Å². The lowest BCUT2D eigenvalue weighted by Crippen LogP contribution is -2.75. The molecule has 6 rings (SSSR count). The van der Waals surface area contributed by atoms with E-state index < -0.39 is 17.5 Å². The molecule has 0 aromatic rings. The SMILES string of the molecule is C/C(=C\C[C@H](O)C(C)(C)O)[C@H]1CC[C@]2(C)[C@@H]1C[C@@H](O)[C@@H]1[C@]34CC[C@](O)(OC3)C(C)(C)[C@@H]4CC[C@]12C. The molecule has 0 aromatic heterocycles. The molecular formula is C30H50O5. The molecule has 0 radical (unpaired) electrons. The van der Waals surface area contributed by atoms with E-state index in [1.54, 1.807) is 13.8 Å². The number of allylic oxidation sites excluding steroid dienone is 1. The summed E-state index contributed by atoms with van der Waals surface area (Å²) in [5, 5.41) is 43.8. The molecule has 1 spiro atoms. The van der Waals surface area contributed by atoms with Gasteiger partial charge in [-0.05, 0) is 100 Å². The van der Waals surface area contributed by atoms with Gasteiger partial charge in [-0.15, -0.1) is 0 Å². The number of aliphatic hydroxyl groups is 4. The van der Waals surface area contributed by atoms with E-state index in [1.165, 1.54) is 5.57 Å². The predicted octanol–water partition coefficient (Wildman–Crippen LogP) is 4.81. The summed E-state index contributed by atoms with van der Waals surface area (Å²) >= 11 is 0. The van der Waals surface area contributed by atoms with Crippen molar-refractivity contribution in [3.63, 3.8) is 0 Å². The van der Waals surface area contributed by atoms with Gasteiger partial charge in [0.05, 0.1) is 24.4 Å². The topological polar surface area (TPSA) is 90.2 Å². The van der Waals surface area contributed by atoms with Crippen LogP contribution in [0, 0.1) is 45.3 Å². The maximum absolute atomic E-state index is 11.9. The Labute approximate surface area is 212 Å². The second kappa shape index (κ2) is 7.79. The summed E-state index contributed by atoms with van der Waals surface area (Å²) in [7, 11) is 0. The summed E-state index contributed by atoms with van der Waals surface area (Å²) in [6.45, 7) is 15.4. The van der Waals surface area contributed by atoms with Gasteiger partial charge in [0.25, 0.3) is 0 Å². The molecule has 2 saturated heterocycles. The van der Waals surface area contributed by atoms with E-state index in [9.17, 15) is 20.4 Å². The highest BCUT2D eigenvalue weighted by Crippen LogP contribution is 2.77. The van der Waals surface area contributed by atoms with Gasteiger partial charge >= 0.3 is 0 Å². The first-order valence-corrected chi connectivity index (χ1v) is 14.1. The molecule has 0 amide bonds. The van der Waals surface area contributed by atoms with Gasteiger partial charge in [-0.25, -0.2) is 0 Å². The van der Waals surface area contributed by atoms with Crippen LogP contribution >= 0.6 is 0 Å². The summed E-state index contributed by atoms with van der Waals surface area (Å²) in [6, 6.07) is 0. The fraction of sp³-hybridized carbons (Fsp3) is 0.933. The molecule has 35 heavy (non-hydrogen) atoms. The Morgan fingerprint density at radius 2 is 1.71 bits per heavy atom. The Morgan fingerprint density at radius 1 is 1.06 bits per heavy atom. The molecule has 4 saturated carbocycles. The van der Waals surface area contributed by atoms with Crippen molar-refractivity contribution in [3.8, 4) is 0 Å². The molecule has 4 N–H and O–H groups in total. The van der Waals surface area contributed by atoms with E-state index in [1.807, 2.05) is 0 Å². The fourth-order valence-electron chi connectivity index (χ4n) is 10.5. The van der Waals surface area contributed by atoms with Gasteiger partial charge in [0.2, 0.25) is 0 Å². The lowest BCUT2D eigenvalue weighted by atomic mass is 9.33. The molecule has 5 nitrogen and oxygen atoms in total. The largest absolute Gasteiger partial charge is 0.393 e. The minimum atomic E-state index is -1.11. The molecule has 6 aliphatic rings. The number of rotatable bonds is 4. The highest BCUT2D eigenvalue weighted by atomic mass is 16.6. The van der Waals surface area contributed by atoms with Crippen LogP contribution in [0.3, 0.4) is 0 Å². The van der Waals surface area contributed by atoms with Crippen LogP contribution in [0.15, 0.2) is 11.6 Å². The van der Waals surface area contributed by atoms with Crippen LogP contribution in [0.5, 0.6) is 0 Å². The highest BCUT2D eigenvalue weighted by Gasteiger charge is 2.75. The van der Waals surface area contributed by atoms with Gasteiger partial charge in [0, 0.05) is 17.3 Å². The molecule has 4 aliphatic carbocycles. The highest BCUT2D eigenvalue weighted by molar-refractivity contribution is 5.24. The van der Waals surface area contributed by atoms with Crippen molar-refractivity contribution in [2.75, 3.05) is 6.61 Å². The first-order valence-electron chi connectivity index (χ1n) is 14.1. The summed E-state index contributed by atoms with van der Waals surface area (Å²) in [4.78, 5) is 0. The minimum Gasteiger partial charge on any atom is -0.393 e. The maximum atomic E-state index is 11.9. The Kier molecular flexibility index (Phi) is 5.82. The van der Waals surface area contributed by atoms with E-state index in [0.29, 0.717) is 37.2 Å². The monoisotopic (exact) mass is 490 g/mol. The minimum absolute atomic E-state index is 0.0275. The molecule has 2 heterocycles. The third-order valence-corrected chi connectivity index (χ3v) is 12.9. The first kappa shape index (κ1) is 26.2. The number of hydrogen-bond acceptors (Lipinski definition) is 5. The van der Waals surface area contributed by atoms with Crippen LogP contribution < -0.4 is 0 Å². The van der Waals surface area contributed by atoms with Crippen LogP contribution in [0.25, 0.3) is 0 Å². The Hall–Kier alpha value is -0.460. The van der Waals surface area contributed by atoms with E-state index in [4.69, 9.17) is 4.74 Å². The summed E-state index contributed by atoms with van der Waals surface area (Å²) < 4.78 is 6.26. The van der Waals surface area contributed by atoms with Crippen molar-refractivity contribution >= 4 is 0 Å². The molecule has 2 aliphatic heterocycles. The number of aliphatic hydroxyl groups excluding tert-OH is 2. The van der Waals surface area contributed by atoms with Crippen molar-refractivity contribution in [3.05, 3.63) is 11.6 Å². The van der Waals surface area contributed by atoms with Crippen molar-refractivity contribution in [2.24, 2.45) is 45.3 Å². The van der Waals surface area contributed by atoms with Gasteiger partial charge < -0.3 is 25.2 Å². The molecular weight excluding hydrogens is 440 g/mol. The molecule has 6 fully saturated rings. The predicted molar refractivity (Wildman–Crippen MR) is 136 cm³/mol. The zero-order chi connectivity index (χ0) is 25.8. The second-order valence-corrected chi connectivity index (χ2v) is 14.8. The van der Waals surface area contributed by atoms with Crippen molar-refractivity contribution < 1.29 is 25.2 Å². The second-order valence-electron chi connectivity index (χ2n) is 14.8. The van der Waals surface area contributed by atoms with Gasteiger partial charge in [-0.1, -0.05) is 39.3 Å². The van der Waals surface area contributed by atoms with E-state index >= 15 is 0 Å². The number of ether oxygens (including phenoxy) is 1. The molecule has 0 aromatic carbocycles. The average Bonchev–Trinajstić information content (AvgIpc) is 3.10. The lowest BCUT2D eigenvalue weighted by molar-refractivity contribution is -0.404. The summed E-state index contributed by atoms with van der Waals surface area (Å²) in [6.07, 6.45) is 8.37. The van der Waals surface area contributed by atoms with Crippen molar-refractivity contribution in [1.29, 1.82) is 0 Å². The standard InChI is InChI=1S/C30H50O5/c1-18(8-9-23(32)26(4,5)33)19-10-12-27(6)20(19)16-21(31)24-28(27,7)13-11-22-25(2,3)30(34)15-14-29(22,24)17-35-30/h8,19-24,31-34H,9-17H2,1-7H3/b18-8+/t19-,20-,21-,22+,23+,24+,27-,28-,29-,30+/m1/s1. The van der Waals surface area contributed by atoms with Crippen LogP contribution in [0.4, 0.5) is 0 Å². The van der Waals surface area contributed by atoms with Gasteiger partial charge in [-0.2, -0.15) is 0 Å². The summed E-state index contributed by atoms with van der Waals surface area (Å²) in [5.74, 6) is 0.358. The van der Waals surface area contributed by atoms with E-state index in [0.717, 1.165) is 38.5 Å². The van der Waals surface area contributed by atoms with Crippen molar-refractivity contribution in [1.82, 2.24) is 0 Å². The Morgan fingerprint density at radius 3 is 2.31 bits per heavy atom. The number of fused-ring (bicyclic) bond motifs is 5. The molecule has 10 atom stereocenters. The number of hydrogen-bond donors (Lipinski definition) is 4. The van der Waals surface area contributed by atoms with E-state index in [-0.39, 0.29) is 33.7 Å². The van der Waals surface area contributed by atoms with Gasteiger partial charge in [0.15, 0.2) is 5.79 Å². The zero-order valence-corrected chi connectivity index (χ0v) is 23.1. The van der Waals surface area contributed by atoms with E-state index in [2.05, 4.69) is 40.7 Å². The first-order chi connectivity index (χ1) is 16.0. The quantitative estimate of drug-likeness (QED) is 0.425. The van der Waals surface area contributed by atoms with Crippen LogP contribution in [-0.4, -0.2) is 50.6 Å². The lowest BCUT2D eigenvalue weighted by Gasteiger charge is -2.74. The fourth-order valence-corrected chi connectivity index (χ4v) is 10.5. The molecule has 2 bridgehead atoms. The third kappa shape index (κ3) is 3.30. The Balaban J connectivity index is 1.46. The normalized spacial score (nSPS) is 52.0. The van der Waals surface area contributed by atoms with Crippen LogP contribution in [0.2, 0.25) is 0 Å². The third-order valence-electron chi connectivity index (χ3n) is 12.9. The maximum Gasteiger partial charge on any atom is 0.170 e. The molecule has 5 heteroatoms. The molecule has 200 valence electrons. The smallest absolute Gasteiger partial charge is 0.170 e. The van der Waals surface area contributed by atoms with Crippen LogP contribution in [0.1, 0.15) is 99.8 Å². The summed E-state index contributed by atoms with van der Waals surface area (Å²) in [5.41, 5.74) is -0.00822. The zero-order valence-electron chi connectivity index (χ0n) is 23.1. The molecule has 0 unspecified atom stereocenters. The van der Waals surface area contributed by atoms with Crippen LogP contribution in [-0.2, 0) is 4.74 Å². The average molecular weight is 491 g/mol. The Bertz CT molecular complexity index is 878. The van der Waals surface area contributed by atoms with Crippen molar-refractivity contribution in [2.45, 2.75) is 123 Å². The van der Waals surface area contributed by atoms with Gasteiger partial charge in [0.1, 0.15) is 0 Å².